The Labute approximate surface area is 102 Å². The third-order valence-corrected chi connectivity index (χ3v) is 3.52. The zero-order valence-corrected chi connectivity index (χ0v) is 10.4. The maximum absolute atomic E-state index is 10.9. The number of hydrogen-bond donors (Lipinski definition) is 2. The third-order valence-electron chi connectivity index (χ3n) is 3.52. The van der Waals surface area contributed by atoms with E-state index in [1.807, 2.05) is 6.07 Å². The van der Waals surface area contributed by atoms with E-state index in [2.05, 4.69) is 19.2 Å². The molecule has 3 nitrogen and oxygen atoms in total. The highest BCUT2D eigenvalue weighted by Gasteiger charge is 2.37. The molecule has 2 rings (SSSR count). The van der Waals surface area contributed by atoms with E-state index in [0.29, 0.717) is 5.56 Å². The summed E-state index contributed by atoms with van der Waals surface area (Å²) in [5.74, 6) is -0.0986. The summed E-state index contributed by atoms with van der Waals surface area (Å²) in [6.45, 7) is 5.15. The van der Waals surface area contributed by atoms with Gasteiger partial charge < -0.3 is 10.4 Å². The van der Waals surface area contributed by atoms with Crippen LogP contribution >= 0.6 is 0 Å². The number of carboxylic acid groups (broad SMARTS) is 1. The molecule has 0 amide bonds. The molecule has 1 fully saturated rings. The first-order valence-corrected chi connectivity index (χ1v) is 6.06. The van der Waals surface area contributed by atoms with Crippen molar-refractivity contribution in [2.45, 2.75) is 38.8 Å². The molecule has 0 atom stereocenters. The van der Waals surface area contributed by atoms with Crippen LogP contribution in [0.25, 0.3) is 0 Å². The fraction of sp³-hybridized carbons (Fsp3) is 0.500. The van der Waals surface area contributed by atoms with Crippen molar-refractivity contribution in [1.82, 2.24) is 5.32 Å². The number of nitrogens with one attached hydrogen (secondary N) is 1. The van der Waals surface area contributed by atoms with Crippen molar-refractivity contribution in [2.24, 2.45) is 5.92 Å². The number of benzene rings is 1. The molecule has 1 aliphatic rings. The molecule has 3 heteroatoms. The van der Waals surface area contributed by atoms with Gasteiger partial charge >= 0.3 is 5.97 Å². The minimum absolute atomic E-state index is 0.152. The molecule has 0 spiro atoms. The Morgan fingerprint density at radius 2 is 2.18 bits per heavy atom. The fourth-order valence-electron chi connectivity index (χ4n) is 2.09. The van der Waals surface area contributed by atoms with Gasteiger partial charge in [0.25, 0.3) is 0 Å². The van der Waals surface area contributed by atoms with Gasteiger partial charge in [-0.25, -0.2) is 4.79 Å². The highest BCUT2D eigenvalue weighted by molar-refractivity contribution is 5.87. The molecule has 0 saturated heterocycles. The number of rotatable bonds is 5. The lowest BCUT2D eigenvalue weighted by Crippen LogP contribution is -2.40. The number of carboxylic acids is 1. The molecule has 1 aliphatic carbocycles. The summed E-state index contributed by atoms with van der Waals surface area (Å²) < 4.78 is 0. The van der Waals surface area contributed by atoms with Gasteiger partial charge in [-0.3, -0.25) is 0 Å². The predicted octanol–water partition coefficient (Wildman–Crippen LogP) is 2.66. The van der Waals surface area contributed by atoms with Gasteiger partial charge in [0.2, 0.25) is 0 Å². The van der Waals surface area contributed by atoms with Crippen molar-refractivity contribution >= 4 is 5.97 Å². The molecule has 1 saturated carbocycles. The zero-order valence-electron chi connectivity index (χ0n) is 10.4. The van der Waals surface area contributed by atoms with Crippen LogP contribution in [0.3, 0.4) is 0 Å². The maximum atomic E-state index is 10.9. The Morgan fingerprint density at radius 1 is 1.47 bits per heavy atom. The van der Waals surface area contributed by atoms with Crippen LogP contribution in [0.1, 0.15) is 42.6 Å². The smallest absolute Gasteiger partial charge is 0.335 e. The van der Waals surface area contributed by atoms with Crippen LogP contribution in [0, 0.1) is 5.92 Å². The number of hydrogen-bond acceptors (Lipinski definition) is 2. The Morgan fingerprint density at radius 3 is 2.76 bits per heavy atom. The zero-order chi connectivity index (χ0) is 12.5. The Kier molecular flexibility index (Phi) is 3.20. The lowest BCUT2D eigenvalue weighted by Gasteiger charge is -2.26. The topological polar surface area (TPSA) is 49.3 Å². The van der Waals surface area contributed by atoms with E-state index in [1.54, 1.807) is 18.2 Å². The van der Waals surface area contributed by atoms with Gasteiger partial charge in [-0.15, -0.1) is 0 Å². The second kappa shape index (κ2) is 4.49. The van der Waals surface area contributed by atoms with Crippen LogP contribution in [0.15, 0.2) is 24.3 Å². The van der Waals surface area contributed by atoms with Crippen molar-refractivity contribution in [1.29, 1.82) is 0 Å². The van der Waals surface area contributed by atoms with E-state index in [1.165, 1.54) is 12.8 Å². The largest absolute Gasteiger partial charge is 0.478 e. The first-order chi connectivity index (χ1) is 7.99. The predicted molar refractivity (Wildman–Crippen MR) is 67.0 cm³/mol. The summed E-state index contributed by atoms with van der Waals surface area (Å²) in [5.41, 5.74) is 1.53. The van der Waals surface area contributed by atoms with Gasteiger partial charge in [-0.2, -0.15) is 0 Å². The molecular formula is C14H19NO2. The molecule has 0 unspecified atom stereocenters. The minimum Gasteiger partial charge on any atom is -0.478 e. The van der Waals surface area contributed by atoms with E-state index in [0.717, 1.165) is 18.0 Å². The lowest BCUT2D eigenvalue weighted by atomic mass is 9.98. The van der Waals surface area contributed by atoms with Crippen LogP contribution in [-0.4, -0.2) is 16.6 Å². The van der Waals surface area contributed by atoms with Crippen LogP contribution in [0.2, 0.25) is 0 Å². The normalized spacial score (nSPS) is 15.9. The van der Waals surface area contributed by atoms with Crippen molar-refractivity contribution in [3.63, 3.8) is 0 Å². The first kappa shape index (κ1) is 12.1. The molecule has 1 aromatic rings. The fourth-order valence-corrected chi connectivity index (χ4v) is 2.09. The second-order valence-electron chi connectivity index (χ2n) is 5.36. The Hall–Kier alpha value is -1.35. The number of carbonyl (C=O) groups is 1. The molecule has 17 heavy (non-hydrogen) atoms. The first-order valence-electron chi connectivity index (χ1n) is 6.06. The van der Waals surface area contributed by atoms with Gasteiger partial charge in [0.15, 0.2) is 0 Å². The van der Waals surface area contributed by atoms with Crippen LogP contribution in [0.5, 0.6) is 0 Å². The third kappa shape index (κ3) is 3.07. The second-order valence-corrected chi connectivity index (χ2v) is 5.36. The SMILES string of the molecule is CC(C)(NCc1cccc(C(=O)O)c1)C1CC1. The van der Waals surface area contributed by atoms with Gasteiger partial charge in [-0.1, -0.05) is 12.1 Å². The molecule has 0 radical (unpaired) electrons. The standard InChI is InChI=1S/C14H19NO2/c1-14(2,12-6-7-12)15-9-10-4-3-5-11(8-10)13(16)17/h3-5,8,12,15H,6-7,9H2,1-2H3,(H,16,17). The quantitative estimate of drug-likeness (QED) is 0.822. The molecule has 0 heterocycles. The van der Waals surface area contributed by atoms with Gasteiger partial charge in [-0.05, 0) is 50.3 Å². The minimum atomic E-state index is -0.867. The van der Waals surface area contributed by atoms with E-state index < -0.39 is 5.97 Å². The highest BCUT2D eigenvalue weighted by atomic mass is 16.4. The van der Waals surface area contributed by atoms with Crippen molar-refractivity contribution < 1.29 is 9.90 Å². The summed E-state index contributed by atoms with van der Waals surface area (Å²) in [7, 11) is 0. The summed E-state index contributed by atoms with van der Waals surface area (Å²) >= 11 is 0. The van der Waals surface area contributed by atoms with E-state index in [4.69, 9.17) is 5.11 Å². The summed E-state index contributed by atoms with van der Waals surface area (Å²) in [4.78, 5) is 10.9. The van der Waals surface area contributed by atoms with Crippen LogP contribution in [-0.2, 0) is 6.54 Å². The van der Waals surface area contributed by atoms with Crippen LogP contribution < -0.4 is 5.32 Å². The molecule has 1 aromatic carbocycles. The molecule has 92 valence electrons. The van der Waals surface area contributed by atoms with Gasteiger partial charge in [0, 0.05) is 12.1 Å². The highest BCUT2D eigenvalue weighted by Crippen LogP contribution is 2.39. The van der Waals surface area contributed by atoms with Crippen molar-refractivity contribution in [3.8, 4) is 0 Å². The molecule has 2 N–H and O–H groups in total. The summed E-state index contributed by atoms with van der Waals surface area (Å²) in [5, 5.41) is 12.4. The van der Waals surface area contributed by atoms with E-state index >= 15 is 0 Å². The summed E-state index contributed by atoms with van der Waals surface area (Å²) in [6, 6.07) is 7.11. The number of aromatic carboxylic acids is 1. The van der Waals surface area contributed by atoms with Gasteiger partial charge in [0.05, 0.1) is 5.56 Å². The van der Waals surface area contributed by atoms with E-state index in [-0.39, 0.29) is 5.54 Å². The molecule has 0 aromatic heterocycles. The monoisotopic (exact) mass is 233 g/mol. The molecule has 0 aliphatic heterocycles. The van der Waals surface area contributed by atoms with E-state index in [9.17, 15) is 4.79 Å². The van der Waals surface area contributed by atoms with Crippen molar-refractivity contribution in [2.75, 3.05) is 0 Å². The average molecular weight is 233 g/mol. The molecule has 0 bridgehead atoms. The maximum Gasteiger partial charge on any atom is 0.335 e. The molecular weight excluding hydrogens is 214 g/mol. The van der Waals surface area contributed by atoms with Crippen molar-refractivity contribution in [3.05, 3.63) is 35.4 Å². The Balaban J connectivity index is 1.98. The Bertz CT molecular complexity index is 422. The van der Waals surface area contributed by atoms with Crippen LogP contribution in [0.4, 0.5) is 0 Å². The lowest BCUT2D eigenvalue weighted by molar-refractivity contribution is 0.0697. The van der Waals surface area contributed by atoms with Gasteiger partial charge in [0.1, 0.15) is 0 Å². The summed E-state index contributed by atoms with van der Waals surface area (Å²) in [6.07, 6.45) is 2.60. The average Bonchev–Trinajstić information content (AvgIpc) is 3.11.